The van der Waals surface area contributed by atoms with E-state index in [1.807, 2.05) is 6.92 Å². The van der Waals surface area contributed by atoms with Crippen LogP contribution in [0.4, 0.5) is 18.0 Å². The highest BCUT2D eigenvalue weighted by Gasteiger charge is 2.28. The molecule has 0 saturated heterocycles. The second-order valence-corrected chi connectivity index (χ2v) is 4.37. The first-order valence-electron chi connectivity index (χ1n) is 6.57. The van der Waals surface area contributed by atoms with Crippen molar-refractivity contribution in [3.63, 3.8) is 0 Å². The van der Waals surface area contributed by atoms with Gasteiger partial charge in [-0.25, -0.2) is 9.78 Å². The number of urea groups is 1. The molecule has 0 aliphatic heterocycles. The van der Waals surface area contributed by atoms with Crippen molar-refractivity contribution in [2.24, 2.45) is 0 Å². The Bertz CT molecular complexity index is 453. The molecule has 1 heterocycles. The standard InChI is InChI=1S/C13H18F3N3O2/c1-2-3-5-18-12(20)19-8-10-4-6-17-11(7-10)21-9-13(14,15)16/h4,6-7H,2-3,5,8-9H2,1H3,(H2,18,19,20). The first kappa shape index (κ1) is 17.1. The third-order valence-corrected chi connectivity index (χ3v) is 2.45. The number of carbonyl (C=O) groups excluding carboxylic acids is 1. The van der Waals surface area contributed by atoms with Crippen LogP contribution in [0, 0.1) is 0 Å². The summed E-state index contributed by atoms with van der Waals surface area (Å²) in [6.07, 6.45) is -1.21. The van der Waals surface area contributed by atoms with Crippen LogP contribution in [0.2, 0.25) is 0 Å². The first-order chi connectivity index (χ1) is 9.90. The molecule has 0 atom stereocenters. The summed E-state index contributed by atoms with van der Waals surface area (Å²) in [5.41, 5.74) is 0.604. The first-order valence-corrected chi connectivity index (χ1v) is 6.57. The van der Waals surface area contributed by atoms with E-state index in [2.05, 4.69) is 20.4 Å². The minimum Gasteiger partial charge on any atom is -0.468 e. The summed E-state index contributed by atoms with van der Waals surface area (Å²) in [5, 5.41) is 5.27. The molecule has 0 radical (unpaired) electrons. The van der Waals surface area contributed by atoms with Gasteiger partial charge in [-0.05, 0) is 18.1 Å². The van der Waals surface area contributed by atoms with E-state index >= 15 is 0 Å². The normalized spacial score (nSPS) is 11.0. The molecule has 0 spiro atoms. The third-order valence-electron chi connectivity index (χ3n) is 2.45. The van der Waals surface area contributed by atoms with Gasteiger partial charge in [0.2, 0.25) is 5.88 Å². The van der Waals surface area contributed by atoms with Gasteiger partial charge in [0, 0.05) is 25.4 Å². The number of unbranched alkanes of at least 4 members (excludes halogenated alkanes) is 1. The van der Waals surface area contributed by atoms with E-state index in [4.69, 9.17) is 0 Å². The Kier molecular flexibility index (Phi) is 6.77. The van der Waals surface area contributed by atoms with Crippen LogP contribution in [0.3, 0.4) is 0 Å². The molecule has 5 nitrogen and oxygen atoms in total. The molecule has 0 bridgehead atoms. The van der Waals surface area contributed by atoms with E-state index in [9.17, 15) is 18.0 Å². The predicted molar refractivity (Wildman–Crippen MR) is 70.9 cm³/mol. The van der Waals surface area contributed by atoms with Crippen molar-refractivity contribution in [3.8, 4) is 5.88 Å². The predicted octanol–water partition coefficient (Wildman–Crippen LogP) is 2.62. The van der Waals surface area contributed by atoms with Gasteiger partial charge in [-0.15, -0.1) is 0 Å². The van der Waals surface area contributed by atoms with Gasteiger partial charge in [0.05, 0.1) is 0 Å². The van der Waals surface area contributed by atoms with Crippen LogP contribution < -0.4 is 15.4 Å². The third kappa shape index (κ3) is 8.01. The lowest BCUT2D eigenvalue weighted by atomic mass is 10.2. The van der Waals surface area contributed by atoms with Crippen LogP contribution in [-0.2, 0) is 6.54 Å². The van der Waals surface area contributed by atoms with Gasteiger partial charge in [0.15, 0.2) is 6.61 Å². The maximum atomic E-state index is 12.0. The fourth-order valence-electron chi connectivity index (χ4n) is 1.42. The fourth-order valence-corrected chi connectivity index (χ4v) is 1.42. The Morgan fingerprint density at radius 2 is 2.14 bits per heavy atom. The van der Waals surface area contributed by atoms with Crippen molar-refractivity contribution in [1.82, 2.24) is 15.6 Å². The average molecular weight is 305 g/mol. The lowest BCUT2D eigenvalue weighted by molar-refractivity contribution is -0.154. The molecule has 2 N–H and O–H groups in total. The number of hydrogen-bond acceptors (Lipinski definition) is 3. The molecule has 0 fully saturated rings. The van der Waals surface area contributed by atoms with Crippen LogP contribution in [0.25, 0.3) is 0 Å². The molecule has 1 aromatic heterocycles. The molecule has 2 amide bonds. The van der Waals surface area contributed by atoms with Crippen LogP contribution in [0.1, 0.15) is 25.3 Å². The number of nitrogens with one attached hydrogen (secondary N) is 2. The number of ether oxygens (including phenoxy) is 1. The summed E-state index contributed by atoms with van der Waals surface area (Å²) in [6.45, 7) is 1.38. The lowest BCUT2D eigenvalue weighted by Crippen LogP contribution is -2.35. The second-order valence-electron chi connectivity index (χ2n) is 4.37. The molecule has 1 aromatic rings. The smallest absolute Gasteiger partial charge is 0.422 e. The Hall–Kier alpha value is -1.99. The highest BCUT2D eigenvalue weighted by Crippen LogP contribution is 2.17. The van der Waals surface area contributed by atoms with Crippen LogP contribution in [-0.4, -0.2) is 30.3 Å². The number of rotatable bonds is 7. The molecule has 118 valence electrons. The van der Waals surface area contributed by atoms with E-state index in [0.29, 0.717) is 12.1 Å². The Labute approximate surface area is 120 Å². The topological polar surface area (TPSA) is 63.2 Å². The zero-order valence-corrected chi connectivity index (χ0v) is 11.7. The number of aromatic nitrogens is 1. The minimum absolute atomic E-state index is 0.127. The number of alkyl halides is 3. The van der Waals surface area contributed by atoms with Crippen molar-refractivity contribution in [1.29, 1.82) is 0 Å². The maximum Gasteiger partial charge on any atom is 0.422 e. The number of halogens is 3. The van der Waals surface area contributed by atoms with E-state index in [1.54, 1.807) is 6.07 Å². The quantitative estimate of drug-likeness (QED) is 0.761. The van der Waals surface area contributed by atoms with Crippen molar-refractivity contribution in [2.45, 2.75) is 32.5 Å². The molecule has 21 heavy (non-hydrogen) atoms. The molecule has 0 aromatic carbocycles. The van der Waals surface area contributed by atoms with Crippen LogP contribution >= 0.6 is 0 Å². The molecule has 0 aliphatic carbocycles. The average Bonchev–Trinajstić information content (AvgIpc) is 2.43. The van der Waals surface area contributed by atoms with Gasteiger partial charge in [-0.3, -0.25) is 0 Å². The summed E-state index contributed by atoms with van der Waals surface area (Å²) in [7, 11) is 0. The Morgan fingerprint density at radius 1 is 1.38 bits per heavy atom. The van der Waals surface area contributed by atoms with E-state index < -0.39 is 12.8 Å². The van der Waals surface area contributed by atoms with Gasteiger partial charge in [0.1, 0.15) is 0 Å². The van der Waals surface area contributed by atoms with E-state index in [0.717, 1.165) is 12.8 Å². The number of pyridine rings is 1. The van der Waals surface area contributed by atoms with Gasteiger partial charge >= 0.3 is 12.2 Å². The number of hydrogen-bond donors (Lipinski definition) is 2. The fraction of sp³-hybridized carbons (Fsp3) is 0.538. The van der Waals surface area contributed by atoms with Crippen molar-refractivity contribution >= 4 is 6.03 Å². The molecule has 8 heteroatoms. The molecule has 0 aliphatic rings. The largest absolute Gasteiger partial charge is 0.468 e. The summed E-state index contributed by atoms with van der Waals surface area (Å²) >= 11 is 0. The van der Waals surface area contributed by atoms with Gasteiger partial charge < -0.3 is 15.4 Å². The summed E-state index contributed by atoms with van der Waals surface area (Å²) in [6, 6.07) is 2.63. The van der Waals surface area contributed by atoms with Crippen molar-refractivity contribution in [3.05, 3.63) is 23.9 Å². The van der Waals surface area contributed by atoms with E-state index in [1.165, 1.54) is 12.3 Å². The molecule has 0 unspecified atom stereocenters. The van der Waals surface area contributed by atoms with Gasteiger partial charge in [-0.1, -0.05) is 13.3 Å². The minimum atomic E-state index is -4.41. The lowest BCUT2D eigenvalue weighted by Gasteiger charge is -2.10. The SMILES string of the molecule is CCCCNC(=O)NCc1ccnc(OCC(F)(F)F)c1. The van der Waals surface area contributed by atoms with E-state index in [-0.39, 0.29) is 18.5 Å². The number of amides is 2. The zero-order valence-electron chi connectivity index (χ0n) is 11.7. The monoisotopic (exact) mass is 305 g/mol. The van der Waals surface area contributed by atoms with Crippen molar-refractivity contribution in [2.75, 3.05) is 13.2 Å². The highest BCUT2D eigenvalue weighted by molar-refractivity contribution is 5.73. The van der Waals surface area contributed by atoms with Gasteiger partial charge in [-0.2, -0.15) is 13.2 Å². The molecule has 0 saturated carbocycles. The summed E-state index contributed by atoms with van der Waals surface area (Å²) < 4.78 is 40.6. The summed E-state index contributed by atoms with van der Waals surface area (Å²) in [4.78, 5) is 15.1. The Balaban J connectivity index is 2.40. The van der Waals surface area contributed by atoms with Crippen LogP contribution in [0.5, 0.6) is 5.88 Å². The molecular weight excluding hydrogens is 287 g/mol. The second kappa shape index (κ2) is 8.33. The van der Waals surface area contributed by atoms with Crippen LogP contribution in [0.15, 0.2) is 18.3 Å². The number of nitrogens with zero attached hydrogens (tertiary/aromatic N) is 1. The number of carbonyl (C=O) groups is 1. The summed E-state index contributed by atoms with van der Waals surface area (Å²) in [5.74, 6) is -0.127. The maximum absolute atomic E-state index is 12.0. The molecule has 1 rings (SSSR count). The van der Waals surface area contributed by atoms with Crippen molar-refractivity contribution < 1.29 is 22.7 Å². The zero-order chi connectivity index (χ0) is 15.7. The Morgan fingerprint density at radius 3 is 2.81 bits per heavy atom. The molecular formula is C13H18F3N3O2. The van der Waals surface area contributed by atoms with Gasteiger partial charge in [0.25, 0.3) is 0 Å². The highest BCUT2D eigenvalue weighted by atomic mass is 19.4.